The van der Waals surface area contributed by atoms with E-state index in [0.29, 0.717) is 10.8 Å². The van der Waals surface area contributed by atoms with Crippen molar-refractivity contribution < 1.29 is 18.7 Å². The van der Waals surface area contributed by atoms with Crippen LogP contribution in [0.15, 0.2) is 5.38 Å². The number of nitrogens with one attached hydrogen (secondary N) is 1. The first-order chi connectivity index (χ1) is 6.58. The number of thiazole rings is 1. The number of carboxylic acid groups (broad SMARTS) is 1. The summed E-state index contributed by atoms with van der Waals surface area (Å²) in [5, 5.41) is 12.7. The van der Waals surface area contributed by atoms with Crippen LogP contribution in [0, 0.1) is 0 Å². The van der Waals surface area contributed by atoms with E-state index in [1.54, 1.807) is 0 Å². The van der Waals surface area contributed by atoms with E-state index in [1.807, 2.05) is 0 Å². The molecule has 1 heterocycles. The van der Waals surface area contributed by atoms with Crippen LogP contribution in [0.4, 0.5) is 13.9 Å². The lowest BCUT2D eigenvalue weighted by Gasteiger charge is -1.99. The quantitative estimate of drug-likeness (QED) is 0.791. The Balaban J connectivity index is 2.46. The summed E-state index contributed by atoms with van der Waals surface area (Å²) in [6.45, 7) is -0.472. The van der Waals surface area contributed by atoms with E-state index in [0.717, 1.165) is 11.3 Å². The third-order valence-corrected chi connectivity index (χ3v) is 2.14. The second kappa shape index (κ2) is 4.85. The molecule has 78 valence electrons. The summed E-state index contributed by atoms with van der Waals surface area (Å²) in [5.41, 5.74) is 0.374. The van der Waals surface area contributed by atoms with Crippen molar-refractivity contribution in [2.45, 2.75) is 12.8 Å². The number of nitrogens with zero attached hydrogens (tertiary/aromatic N) is 1. The number of hydrogen-bond acceptors (Lipinski definition) is 4. The number of aromatic nitrogens is 1. The molecule has 1 aromatic heterocycles. The van der Waals surface area contributed by atoms with E-state index in [9.17, 15) is 13.6 Å². The van der Waals surface area contributed by atoms with Crippen LogP contribution < -0.4 is 5.32 Å². The van der Waals surface area contributed by atoms with Gasteiger partial charge in [0, 0.05) is 5.38 Å². The summed E-state index contributed by atoms with van der Waals surface area (Å²) in [5.74, 6) is -0.990. The largest absolute Gasteiger partial charge is 0.481 e. The minimum Gasteiger partial charge on any atom is -0.481 e. The molecule has 4 nitrogen and oxygen atoms in total. The Bertz CT molecular complexity index is 316. The summed E-state index contributed by atoms with van der Waals surface area (Å²) >= 11 is 1.11. The minimum atomic E-state index is -2.44. The third-order valence-electron chi connectivity index (χ3n) is 1.29. The second-order valence-electron chi connectivity index (χ2n) is 2.49. The van der Waals surface area contributed by atoms with Crippen molar-refractivity contribution in [1.82, 2.24) is 4.98 Å². The Morgan fingerprint density at radius 2 is 2.43 bits per heavy atom. The van der Waals surface area contributed by atoms with Gasteiger partial charge in [-0.1, -0.05) is 0 Å². The predicted molar refractivity (Wildman–Crippen MR) is 47.9 cm³/mol. The molecule has 1 rings (SSSR count). The van der Waals surface area contributed by atoms with E-state index < -0.39 is 18.9 Å². The van der Waals surface area contributed by atoms with Crippen LogP contribution in [0.25, 0.3) is 0 Å². The molecule has 0 aromatic carbocycles. The number of anilines is 1. The van der Waals surface area contributed by atoms with Crippen LogP contribution in [-0.4, -0.2) is 29.0 Å². The van der Waals surface area contributed by atoms with E-state index in [1.165, 1.54) is 5.38 Å². The Labute approximate surface area is 82.6 Å². The Kier molecular flexibility index (Phi) is 3.75. The summed E-state index contributed by atoms with van der Waals surface area (Å²) in [4.78, 5) is 14.1. The van der Waals surface area contributed by atoms with Crippen molar-refractivity contribution >= 4 is 22.4 Å². The molecule has 0 aliphatic carbocycles. The zero-order valence-corrected chi connectivity index (χ0v) is 7.85. The normalized spacial score (nSPS) is 10.5. The molecule has 0 unspecified atom stereocenters. The molecular weight excluding hydrogens is 214 g/mol. The van der Waals surface area contributed by atoms with Crippen LogP contribution in [0.2, 0.25) is 0 Å². The van der Waals surface area contributed by atoms with Crippen LogP contribution in [-0.2, 0) is 11.2 Å². The van der Waals surface area contributed by atoms with Gasteiger partial charge < -0.3 is 10.4 Å². The summed E-state index contributed by atoms with van der Waals surface area (Å²) < 4.78 is 23.5. The van der Waals surface area contributed by atoms with E-state index >= 15 is 0 Å². The van der Waals surface area contributed by atoms with Crippen molar-refractivity contribution in [3.05, 3.63) is 11.1 Å². The number of alkyl halides is 2. The monoisotopic (exact) mass is 222 g/mol. The van der Waals surface area contributed by atoms with Gasteiger partial charge in [-0.2, -0.15) is 0 Å². The van der Waals surface area contributed by atoms with Crippen LogP contribution in [0.3, 0.4) is 0 Å². The number of hydrogen-bond donors (Lipinski definition) is 2. The fourth-order valence-corrected chi connectivity index (χ4v) is 1.51. The standard InChI is InChI=1S/C7H8F2N2O2S/c8-5(9)2-10-7-11-4(3-14-7)1-6(12)13/h3,5H,1-2H2,(H,10,11)(H,12,13). The van der Waals surface area contributed by atoms with Crippen LogP contribution in [0.1, 0.15) is 5.69 Å². The van der Waals surface area contributed by atoms with Gasteiger partial charge in [0.15, 0.2) is 5.13 Å². The van der Waals surface area contributed by atoms with Gasteiger partial charge >= 0.3 is 5.97 Å². The lowest BCUT2D eigenvalue weighted by molar-refractivity contribution is -0.136. The molecule has 14 heavy (non-hydrogen) atoms. The van der Waals surface area contributed by atoms with Gasteiger partial charge in [-0.3, -0.25) is 4.79 Å². The summed E-state index contributed by atoms with van der Waals surface area (Å²) in [6.07, 6.45) is -2.63. The van der Waals surface area contributed by atoms with Gasteiger partial charge in [-0.05, 0) is 0 Å². The molecule has 0 saturated carbocycles. The van der Waals surface area contributed by atoms with Crippen molar-refractivity contribution in [3.63, 3.8) is 0 Å². The minimum absolute atomic E-state index is 0.188. The van der Waals surface area contributed by atoms with Crippen molar-refractivity contribution in [2.24, 2.45) is 0 Å². The molecule has 0 radical (unpaired) electrons. The van der Waals surface area contributed by atoms with Gasteiger partial charge in [-0.25, -0.2) is 13.8 Å². The molecule has 0 amide bonds. The Hall–Kier alpha value is -1.24. The molecule has 0 spiro atoms. The van der Waals surface area contributed by atoms with Gasteiger partial charge in [0.25, 0.3) is 6.43 Å². The lowest BCUT2D eigenvalue weighted by Crippen LogP contribution is -2.10. The molecule has 2 N–H and O–H groups in total. The van der Waals surface area contributed by atoms with E-state index in [2.05, 4.69) is 10.3 Å². The Morgan fingerprint density at radius 1 is 1.71 bits per heavy atom. The highest BCUT2D eigenvalue weighted by Gasteiger charge is 2.07. The topological polar surface area (TPSA) is 62.2 Å². The number of rotatable bonds is 5. The first-order valence-corrected chi connectivity index (χ1v) is 4.64. The Morgan fingerprint density at radius 3 is 3.00 bits per heavy atom. The number of carbonyl (C=O) groups is 1. The summed E-state index contributed by atoms with van der Waals surface area (Å²) in [7, 11) is 0. The van der Waals surface area contributed by atoms with Gasteiger partial charge in [0.1, 0.15) is 0 Å². The molecule has 0 fully saturated rings. The van der Waals surface area contributed by atoms with Crippen LogP contribution >= 0.6 is 11.3 Å². The average Bonchev–Trinajstić information content (AvgIpc) is 2.47. The van der Waals surface area contributed by atoms with Crippen molar-refractivity contribution in [2.75, 3.05) is 11.9 Å². The highest BCUT2D eigenvalue weighted by Crippen LogP contribution is 2.15. The molecule has 0 bridgehead atoms. The van der Waals surface area contributed by atoms with Gasteiger partial charge in [-0.15, -0.1) is 11.3 Å². The maximum absolute atomic E-state index is 11.8. The number of aliphatic carboxylic acids is 1. The molecule has 0 saturated heterocycles. The molecule has 1 aromatic rings. The van der Waals surface area contributed by atoms with Crippen molar-refractivity contribution in [1.29, 1.82) is 0 Å². The molecule has 0 aliphatic heterocycles. The van der Waals surface area contributed by atoms with Crippen molar-refractivity contribution in [3.8, 4) is 0 Å². The van der Waals surface area contributed by atoms with E-state index in [-0.39, 0.29) is 6.42 Å². The maximum atomic E-state index is 11.8. The smallest absolute Gasteiger partial charge is 0.309 e. The highest BCUT2D eigenvalue weighted by atomic mass is 32.1. The highest BCUT2D eigenvalue weighted by molar-refractivity contribution is 7.13. The SMILES string of the molecule is O=C(O)Cc1csc(NCC(F)F)n1. The fourth-order valence-electron chi connectivity index (χ4n) is 0.789. The third kappa shape index (κ3) is 3.65. The first kappa shape index (κ1) is 10.8. The van der Waals surface area contributed by atoms with Crippen LogP contribution in [0.5, 0.6) is 0 Å². The molecular formula is C7H8F2N2O2S. The van der Waals surface area contributed by atoms with Gasteiger partial charge in [0.2, 0.25) is 0 Å². The molecule has 0 atom stereocenters. The average molecular weight is 222 g/mol. The summed E-state index contributed by atoms with van der Waals surface area (Å²) in [6, 6.07) is 0. The lowest BCUT2D eigenvalue weighted by atomic mass is 10.3. The van der Waals surface area contributed by atoms with E-state index in [4.69, 9.17) is 5.11 Å². The first-order valence-electron chi connectivity index (χ1n) is 3.76. The zero-order valence-electron chi connectivity index (χ0n) is 7.04. The molecule has 0 aliphatic rings. The number of halogens is 2. The second-order valence-corrected chi connectivity index (χ2v) is 3.34. The molecule has 7 heteroatoms. The fraction of sp³-hybridized carbons (Fsp3) is 0.429. The maximum Gasteiger partial charge on any atom is 0.309 e. The number of carboxylic acids is 1. The predicted octanol–water partition coefficient (Wildman–Crippen LogP) is 1.45. The van der Waals surface area contributed by atoms with Gasteiger partial charge in [0.05, 0.1) is 18.7 Å². The zero-order chi connectivity index (χ0) is 10.6.